The standard InChI is InChI=1S/C14H10BrFN2OS/c15-9-5-8(6-10(16)7-9)14(19)18-12-4-2-1-3-11(12)13(17)20/h1-7H,(H2,17,20)(H,18,19). The van der Waals surface area contributed by atoms with E-state index < -0.39 is 11.7 Å². The Morgan fingerprint density at radius 3 is 2.60 bits per heavy atom. The molecule has 0 aromatic heterocycles. The molecule has 20 heavy (non-hydrogen) atoms. The summed E-state index contributed by atoms with van der Waals surface area (Å²) in [4.78, 5) is 12.3. The van der Waals surface area contributed by atoms with Crippen molar-refractivity contribution in [2.24, 2.45) is 5.73 Å². The van der Waals surface area contributed by atoms with Gasteiger partial charge in [0.05, 0.1) is 5.69 Å². The number of thiocarbonyl (C=S) groups is 1. The highest BCUT2D eigenvalue weighted by Crippen LogP contribution is 2.19. The first-order valence-electron chi connectivity index (χ1n) is 5.63. The molecular weight excluding hydrogens is 343 g/mol. The second-order valence-electron chi connectivity index (χ2n) is 4.02. The van der Waals surface area contributed by atoms with Crippen LogP contribution in [0.1, 0.15) is 15.9 Å². The Bertz CT molecular complexity index is 670. The van der Waals surface area contributed by atoms with Gasteiger partial charge in [-0.15, -0.1) is 0 Å². The highest BCUT2D eigenvalue weighted by Gasteiger charge is 2.11. The molecule has 0 atom stereocenters. The Kier molecular flexibility index (Phi) is 4.46. The molecule has 0 radical (unpaired) electrons. The van der Waals surface area contributed by atoms with Gasteiger partial charge in [-0.05, 0) is 30.3 Å². The number of hydrogen-bond donors (Lipinski definition) is 2. The van der Waals surface area contributed by atoms with Gasteiger partial charge in [-0.25, -0.2) is 4.39 Å². The molecule has 3 N–H and O–H groups in total. The number of nitrogens with two attached hydrogens (primary N) is 1. The largest absolute Gasteiger partial charge is 0.389 e. The molecular formula is C14H10BrFN2OS. The number of carbonyl (C=O) groups excluding carboxylic acids is 1. The maximum absolute atomic E-state index is 13.3. The number of halogens is 2. The molecule has 102 valence electrons. The second kappa shape index (κ2) is 6.11. The Morgan fingerprint density at radius 1 is 1.25 bits per heavy atom. The minimum Gasteiger partial charge on any atom is -0.389 e. The Balaban J connectivity index is 2.30. The molecule has 0 spiro atoms. The van der Waals surface area contributed by atoms with Crippen molar-refractivity contribution in [3.63, 3.8) is 0 Å². The zero-order chi connectivity index (χ0) is 14.7. The molecule has 2 rings (SSSR count). The summed E-state index contributed by atoms with van der Waals surface area (Å²) in [6.07, 6.45) is 0. The van der Waals surface area contributed by atoms with Crippen LogP contribution in [-0.4, -0.2) is 10.9 Å². The van der Waals surface area contributed by atoms with E-state index in [2.05, 4.69) is 21.2 Å². The predicted octanol–water partition coefficient (Wildman–Crippen LogP) is 3.47. The third-order valence-corrected chi connectivity index (χ3v) is 3.24. The van der Waals surface area contributed by atoms with Crippen molar-refractivity contribution in [1.82, 2.24) is 0 Å². The molecule has 0 heterocycles. The van der Waals surface area contributed by atoms with Crippen LogP contribution in [0.2, 0.25) is 0 Å². The first-order chi connectivity index (χ1) is 9.47. The molecule has 0 saturated carbocycles. The third kappa shape index (κ3) is 3.40. The van der Waals surface area contributed by atoms with Crippen LogP contribution in [0.5, 0.6) is 0 Å². The summed E-state index contributed by atoms with van der Waals surface area (Å²) >= 11 is 8.06. The molecule has 0 aliphatic carbocycles. The highest BCUT2D eigenvalue weighted by atomic mass is 79.9. The number of carbonyl (C=O) groups is 1. The average molecular weight is 353 g/mol. The SMILES string of the molecule is NC(=S)c1ccccc1NC(=O)c1cc(F)cc(Br)c1. The number of anilines is 1. The van der Waals surface area contributed by atoms with Crippen molar-refractivity contribution in [2.45, 2.75) is 0 Å². The Morgan fingerprint density at radius 2 is 1.95 bits per heavy atom. The average Bonchev–Trinajstić information content (AvgIpc) is 2.37. The van der Waals surface area contributed by atoms with Gasteiger partial charge >= 0.3 is 0 Å². The van der Waals surface area contributed by atoms with E-state index >= 15 is 0 Å². The van der Waals surface area contributed by atoms with Crippen molar-refractivity contribution in [1.29, 1.82) is 0 Å². The maximum Gasteiger partial charge on any atom is 0.255 e. The topological polar surface area (TPSA) is 55.1 Å². The van der Waals surface area contributed by atoms with Crippen molar-refractivity contribution in [3.05, 3.63) is 63.9 Å². The van der Waals surface area contributed by atoms with Crippen LogP contribution < -0.4 is 11.1 Å². The lowest BCUT2D eigenvalue weighted by Gasteiger charge is -2.10. The van der Waals surface area contributed by atoms with Gasteiger partial charge in [0, 0.05) is 15.6 Å². The number of hydrogen-bond acceptors (Lipinski definition) is 2. The van der Waals surface area contributed by atoms with Crippen LogP contribution in [0.15, 0.2) is 46.9 Å². The van der Waals surface area contributed by atoms with Gasteiger partial charge in [0.15, 0.2) is 0 Å². The van der Waals surface area contributed by atoms with Gasteiger partial charge in [-0.3, -0.25) is 4.79 Å². The van der Waals surface area contributed by atoms with Crippen molar-refractivity contribution >= 4 is 44.7 Å². The molecule has 2 aromatic rings. The van der Waals surface area contributed by atoms with E-state index in [-0.39, 0.29) is 10.6 Å². The van der Waals surface area contributed by atoms with Gasteiger partial charge in [0.1, 0.15) is 10.8 Å². The summed E-state index contributed by atoms with van der Waals surface area (Å²) in [5, 5.41) is 2.67. The number of rotatable bonds is 3. The summed E-state index contributed by atoms with van der Waals surface area (Å²) in [7, 11) is 0. The second-order valence-corrected chi connectivity index (χ2v) is 5.38. The molecule has 3 nitrogen and oxygen atoms in total. The van der Waals surface area contributed by atoms with E-state index in [1.807, 2.05) is 0 Å². The fourth-order valence-electron chi connectivity index (χ4n) is 1.69. The van der Waals surface area contributed by atoms with Gasteiger partial charge in [0.2, 0.25) is 0 Å². The van der Waals surface area contributed by atoms with Gasteiger partial charge in [-0.1, -0.05) is 40.3 Å². The lowest BCUT2D eigenvalue weighted by molar-refractivity contribution is 0.102. The van der Waals surface area contributed by atoms with Crippen LogP contribution in [0, 0.1) is 5.82 Å². The number of benzene rings is 2. The summed E-state index contributed by atoms with van der Waals surface area (Å²) < 4.78 is 13.8. The third-order valence-electron chi connectivity index (χ3n) is 2.57. The van der Waals surface area contributed by atoms with Crippen molar-refractivity contribution in [2.75, 3.05) is 5.32 Å². The van der Waals surface area contributed by atoms with Gasteiger partial charge in [0.25, 0.3) is 5.91 Å². The summed E-state index contributed by atoms with van der Waals surface area (Å²) in [6.45, 7) is 0. The number of amides is 1. The monoisotopic (exact) mass is 352 g/mol. The zero-order valence-electron chi connectivity index (χ0n) is 10.2. The summed E-state index contributed by atoms with van der Waals surface area (Å²) in [5.41, 5.74) is 6.85. The van der Waals surface area contributed by atoms with E-state index in [9.17, 15) is 9.18 Å². The van der Waals surface area contributed by atoms with E-state index in [1.165, 1.54) is 12.1 Å². The van der Waals surface area contributed by atoms with E-state index in [1.54, 1.807) is 24.3 Å². The fourth-order valence-corrected chi connectivity index (χ4v) is 2.33. The van der Waals surface area contributed by atoms with Crippen LogP contribution in [0.25, 0.3) is 0 Å². The predicted molar refractivity (Wildman–Crippen MR) is 84.4 cm³/mol. The van der Waals surface area contributed by atoms with Crippen molar-refractivity contribution in [3.8, 4) is 0 Å². The molecule has 0 fully saturated rings. The first-order valence-corrected chi connectivity index (χ1v) is 6.84. The first kappa shape index (κ1) is 14.6. The van der Waals surface area contributed by atoms with Crippen LogP contribution in [-0.2, 0) is 0 Å². The van der Waals surface area contributed by atoms with E-state index in [0.29, 0.717) is 15.7 Å². The Labute approximate surface area is 129 Å². The molecule has 2 aromatic carbocycles. The molecule has 6 heteroatoms. The lowest BCUT2D eigenvalue weighted by Crippen LogP contribution is -2.17. The van der Waals surface area contributed by atoms with Gasteiger partial charge < -0.3 is 11.1 Å². The lowest BCUT2D eigenvalue weighted by atomic mass is 10.1. The molecule has 0 aliphatic rings. The molecule has 0 bridgehead atoms. The highest BCUT2D eigenvalue weighted by molar-refractivity contribution is 9.10. The number of para-hydroxylation sites is 1. The molecule has 0 unspecified atom stereocenters. The minimum atomic E-state index is -0.493. The number of nitrogens with one attached hydrogen (secondary N) is 1. The quantitative estimate of drug-likeness (QED) is 0.831. The smallest absolute Gasteiger partial charge is 0.255 e. The molecule has 0 aliphatic heterocycles. The minimum absolute atomic E-state index is 0.182. The van der Waals surface area contributed by atoms with E-state index in [4.69, 9.17) is 18.0 Å². The zero-order valence-corrected chi connectivity index (χ0v) is 12.6. The van der Waals surface area contributed by atoms with Crippen LogP contribution in [0.3, 0.4) is 0 Å². The molecule has 1 amide bonds. The van der Waals surface area contributed by atoms with E-state index in [0.717, 1.165) is 6.07 Å². The summed E-state index contributed by atoms with van der Waals surface area (Å²) in [6, 6.07) is 10.9. The van der Waals surface area contributed by atoms with Crippen LogP contribution >= 0.6 is 28.1 Å². The van der Waals surface area contributed by atoms with Crippen LogP contribution in [0.4, 0.5) is 10.1 Å². The maximum atomic E-state index is 13.3. The normalized spacial score (nSPS) is 10.1. The Hall–Kier alpha value is -1.79. The summed E-state index contributed by atoms with van der Waals surface area (Å²) in [5.74, 6) is -0.930. The fraction of sp³-hybridized carbons (Fsp3) is 0. The van der Waals surface area contributed by atoms with Gasteiger partial charge in [-0.2, -0.15) is 0 Å². The van der Waals surface area contributed by atoms with Crippen molar-refractivity contribution < 1.29 is 9.18 Å². The molecule has 0 saturated heterocycles.